The van der Waals surface area contributed by atoms with Crippen LogP contribution in [0.25, 0.3) is 0 Å². The first-order valence-electron chi connectivity index (χ1n) is 12.2. The Labute approximate surface area is 208 Å². The summed E-state index contributed by atoms with van der Waals surface area (Å²) in [7, 11) is 0. The molecular weight excluding hydrogens is 442 g/mol. The molecule has 0 bridgehead atoms. The van der Waals surface area contributed by atoms with Crippen LogP contribution in [-0.2, 0) is 20.9 Å². The fourth-order valence-corrected chi connectivity index (χ4v) is 3.99. The topological polar surface area (TPSA) is 87.7 Å². The summed E-state index contributed by atoms with van der Waals surface area (Å²) in [6, 6.07) is 13.9. The fraction of sp³-hybridized carbons (Fsp3) is 0.464. The van der Waals surface area contributed by atoms with E-state index in [0.717, 1.165) is 35.1 Å². The average molecular weight is 480 g/mol. The van der Waals surface area contributed by atoms with Crippen LogP contribution in [0.1, 0.15) is 68.8 Å². The number of amides is 3. The van der Waals surface area contributed by atoms with Crippen LogP contribution in [0.3, 0.4) is 0 Å². The van der Waals surface area contributed by atoms with E-state index >= 15 is 0 Å². The molecule has 1 saturated carbocycles. The lowest BCUT2D eigenvalue weighted by atomic mass is 9.96. The molecule has 3 rings (SSSR count). The number of rotatable bonds is 8. The summed E-state index contributed by atoms with van der Waals surface area (Å²) in [5, 5.41) is 5.67. The minimum Gasteiger partial charge on any atom is -0.444 e. The number of benzene rings is 2. The van der Waals surface area contributed by atoms with E-state index < -0.39 is 23.8 Å². The predicted octanol–water partition coefficient (Wildman–Crippen LogP) is 4.57. The second-order valence-electron chi connectivity index (χ2n) is 10.3. The Hall–Kier alpha value is -3.35. The van der Waals surface area contributed by atoms with E-state index in [1.165, 1.54) is 0 Å². The Bertz CT molecular complexity index is 1060. The maximum atomic E-state index is 13.7. The number of carbonyl (C=O) groups is 3. The highest BCUT2D eigenvalue weighted by Crippen LogP contribution is 2.37. The molecule has 7 nitrogen and oxygen atoms in total. The summed E-state index contributed by atoms with van der Waals surface area (Å²) in [5.74, 6) is -0.550. The Morgan fingerprint density at radius 3 is 2.31 bits per heavy atom. The van der Waals surface area contributed by atoms with E-state index in [9.17, 15) is 14.4 Å². The van der Waals surface area contributed by atoms with Gasteiger partial charge < -0.3 is 20.3 Å². The van der Waals surface area contributed by atoms with Crippen LogP contribution in [0.5, 0.6) is 0 Å². The number of alkyl carbamates (subject to hydrolysis) is 1. The van der Waals surface area contributed by atoms with Crippen LogP contribution in [0.2, 0.25) is 0 Å². The number of hydrogen-bond donors (Lipinski definition) is 2. The van der Waals surface area contributed by atoms with Crippen LogP contribution in [0, 0.1) is 13.8 Å². The molecule has 1 fully saturated rings. The number of hydrogen-bond acceptors (Lipinski definition) is 4. The number of nitrogens with zero attached hydrogens (tertiary/aromatic N) is 1. The first-order chi connectivity index (χ1) is 16.5. The number of aryl methyl sites for hydroxylation is 2. The summed E-state index contributed by atoms with van der Waals surface area (Å²) in [5.41, 5.74) is 3.03. The molecule has 3 amide bonds. The van der Waals surface area contributed by atoms with Crippen molar-refractivity contribution in [1.82, 2.24) is 15.5 Å². The maximum absolute atomic E-state index is 13.7. The highest BCUT2D eigenvalue weighted by atomic mass is 16.6. The zero-order valence-electron chi connectivity index (χ0n) is 21.6. The Kier molecular flexibility index (Phi) is 8.20. The molecule has 2 unspecified atom stereocenters. The second-order valence-corrected chi connectivity index (χ2v) is 10.3. The molecule has 1 aliphatic carbocycles. The molecule has 2 atom stereocenters. The molecule has 188 valence electrons. The summed E-state index contributed by atoms with van der Waals surface area (Å²) in [6.07, 6.45) is 0.974. The van der Waals surface area contributed by atoms with Crippen molar-refractivity contribution in [3.63, 3.8) is 0 Å². The van der Waals surface area contributed by atoms with E-state index in [2.05, 4.69) is 10.6 Å². The van der Waals surface area contributed by atoms with Crippen molar-refractivity contribution in [2.24, 2.45) is 0 Å². The molecule has 2 aromatic rings. The summed E-state index contributed by atoms with van der Waals surface area (Å²) < 4.78 is 5.33. The first-order valence-corrected chi connectivity index (χ1v) is 12.2. The van der Waals surface area contributed by atoms with Crippen molar-refractivity contribution in [1.29, 1.82) is 0 Å². The van der Waals surface area contributed by atoms with Crippen molar-refractivity contribution in [2.75, 3.05) is 0 Å². The van der Waals surface area contributed by atoms with Gasteiger partial charge in [-0.1, -0.05) is 54.1 Å². The van der Waals surface area contributed by atoms with E-state index in [0.29, 0.717) is 6.54 Å². The predicted molar refractivity (Wildman–Crippen MR) is 136 cm³/mol. The van der Waals surface area contributed by atoms with Crippen molar-refractivity contribution in [3.05, 3.63) is 70.8 Å². The molecule has 35 heavy (non-hydrogen) atoms. The highest BCUT2D eigenvalue weighted by Gasteiger charge is 2.43. The van der Waals surface area contributed by atoms with Gasteiger partial charge in [0.05, 0.1) is 0 Å². The highest BCUT2D eigenvalue weighted by molar-refractivity contribution is 5.92. The van der Waals surface area contributed by atoms with Crippen LogP contribution in [0.15, 0.2) is 48.5 Å². The number of ether oxygens (including phenoxy) is 1. The molecule has 2 aromatic carbocycles. The second kappa shape index (κ2) is 10.9. The monoisotopic (exact) mass is 479 g/mol. The molecule has 0 aromatic heterocycles. The molecule has 2 N–H and O–H groups in total. The normalized spacial score (nSPS) is 15.0. The van der Waals surface area contributed by atoms with Gasteiger partial charge in [0.25, 0.3) is 0 Å². The van der Waals surface area contributed by atoms with Gasteiger partial charge >= 0.3 is 6.09 Å². The SMILES string of the molecule is Cc1ccc(C)c(C(C(=O)NCc2ccccc2)N(C(=O)C(C)NC(=O)OC(C)(C)C)C2CC2)c1. The van der Waals surface area contributed by atoms with E-state index in [1.54, 1.807) is 32.6 Å². The van der Waals surface area contributed by atoms with Crippen molar-refractivity contribution in [2.45, 2.75) is 84.7 Å². The van der Waals surface area contributed by atoms with Gasteiger partial charge in [0.1, 0.15) is 17.7 Å². The zero-order valence-corrected chi connectivity index (χ0v) is 21.6. The zero-order chi connectivity index (χ0) is 25.8. The lowest BCUT2D eigenvalue weighted by Crippen LogP contribution is -2.52. The van der Waals surface area contributed by atoms with E-state index in [4.69, 9.17) is 4.74 Å². The smallest absolute Gasteiger partial charge is 0.408 e. The average Bonchev–Trinajstić information content (AvgIpc) is 3.61. The third-order valence-corrected chi connectivity index (χ3v) is 5.86. The van der Waals surface area contributed by atoms with Crippen molar-refractivity contribution < 1.29 is 19.1 Å². The van der Waals surface area contributed by atoms with Gasteiger partial charge in [-0.3, -0.25) is 9.59 Å². The lowest BCUT2D eigenvalue weighted by Gasteiger charge is -2.34. The minimum atomic E-state index is -0.847. The molecule has 0 radical (unpaired) electrons. The summed E-state index contributed by atoms with van der Waals surface area (Å²) in [6.45, 7) is 11.2. The van der Waals surface area contributed by atoms with E-state index in [-0.39, 0.29) is 17.9 Å². The number of nitrogens with one attached hydrogen (secondary N) is 2. The molecular formula is C28H37N3O4. The van der Waals surface area contributed by atoms with Crippen LogP contribution in [-0.4, -0.2) is 40.5 Å². The molecule has 0 saturated heterocycles. The van der Waals surface area contributed by atoms with Gasteiger partial charge in [0.15, 0.2) is 0 Å². The van der Waals surface area contributed by atoms with Gasteiger partial charge in [-0.25, -0.2) is 4.79 Å². The largest absolute Gasteiger partial charge is 0.444 e. The Morgan fingerprint density at radius 1 is 1.06 bits per heavy atom. The molecule has 0 spiro atoms. The van der Waals surface area contributed by atoms with Crippen LogP contribution >= 0.6 is 0 Å². The third kappa shape index (κ3) is 7.31. The van der Waals surface area contributed by atoms with Gasteiger partial charge in [-0.2, -0.15) is 0 Å². The Balaban J connectivity index is 1.89. The Morgan fingerprint density at radius 2 is 1.71 bits per heavy atom. The van der Waals surface area contributed by atoms with Crippen molar-refractivity contribution >= 4 is 17.9 Å². The van der Waals surface area contributed by atoms with Crippen molar-refractivity contribution in [3.8, 4) is 0 Å². The fourth-order valence-electron chi connectivity index (χ4n) is 3.99. The summed E-state index contributed by atoms with van der Waals surface area (Å²) >= 11 is 0. The number of carbonyl (C=O) groups excluding carboxylic acids is 3. The van der Waals surface area contributed by atoms with Gasteiger partial charge in [-0.05, 0) is 71.1 Å². The van der Waals surface area contributed by atoms with E-state index in [1.807, 2.05) is 62.4 Å². The molecule has 0 aliphatic heterocycles. The summed E-state index contributed by atoms with van der Waals surface area (Å²) in [4.78, 5) is 41.4. The molecule has 0 heterocycles. The standard InChI is InChI=1S/C28H37N3O4/c1-18-12-13-19(2)23(16-18)24(25(32)29-17-21-10-8-7-9-11-21)31(22-14-15-22)26(33)20(3)30-27(34)35-28(4,5)6/h7-13,16,20,22,24H,14-15,17H2,1-6H3,(H,29,32)(H,30,34). The third-order valence-electron chi connectivity index (χ3n) is 5.86. The lowest BCUT2D eigenvalue weighted by molar-refractivity contribution is -0.143. The molecule has 7 heteroatoms. The van der Waals surface area contributed by atoms with Gasteiger partial charge in [0, 0.05) is 12.6 Å². The minimum absolute atomic E-state index is 0.0576. The first kappa shape index (κ1) is 26.3. The maximum Gasteiger partial charge on any atom is 0.408 e. The quantitative estimate of drug-likeness (QED) is 0.581. The van der Waals surface area contributed by atoms with Crippen LogP contribution in [0.4, 0.5) is 4.79 Å². The molecule has 1 aliphatic rings. The van der Waals surface area contributed by atoms with Crippen LogP contribution < -0.4 is 10.6 Å². The van der Waals surface area contributed by atoms with Gasteiger partial charge in [0.2, 0.25) is 11.8 Å². The van der Waals surface area contributed by atoms with Gasteiger partial charge in [-0.15, -0.1) is 0 Å².